The van der Waals surface area contributed by atoms with E-state index in [1.807, 2.05) is 0 Å². The fourth-order valence-electron chi connectivity index (χ4n) is 2.10. The Kier molecular flexibility index (Phi) is 7.67. The first-order valence-corrected chi connectivity index (χ1v) is 8.67. The van der Waals surface area contributed by atoms with Gasteiger partial charge in [-0.1, -0.05) is 52.9 Å². The van der Waals surface area contributed by atoms with Crippen molar-refractivity contribution in [3.05, 3.63) is 0 Å². The number of hydrogen-bond acceptors (Lipinski definition) is 1. The lowest BCUT2D eigenvalue weighted by atomic mass is 10.3. The minimum Gasteiger partial charge on any atom is -0.351 e. The minimum atomic E-state index is -1.29. The highest BCUT2D eigenvalue weighted by Crippen LogP contribution is 2.21. The maximum Gasteiger partial charge on any atom is 0.123 e. The van der Waals surface area contributed by atoms with E-state index in [0.717, 1.165) is 0 Å². The van der Waals surface area contributed by atoms with Gasteiger partial charge >= 0.3 is 0 Å². The molecule has 0 amide bonds. The first-order chi connectivity index (χ1) is 6.18. The molecule has 1 nitrogen and oxygen atoms in total. The van der Waals surface area contributed by atoms with E-state index in [-0.39, 0.29) is 0 Å². The van der Waals surface area contributed by atoms with Crippen molar-refractivity contribution in [1.29, 1.82) is 0 Å². The summed E-state index contributed by atoms with van der Waals surface area (Å²) >= 11 is 0. The molecule has 0 atom stereocenters. The molecule has 0 aromatic rings. The second-order valence-corrected chi connectivity index (χ2v) is 8.54. The zero-order chi connectivity index (χ0) is 10.2. The molecular formula is C11H27NSi. The second kappa shape index (κ2) is 7.57. The summed E-state index contributed by atoms with van der Waals surface area (Å²) in [7, 11) is -1.29. The third kappa shape index (κ3) is 6.27. The van der Waals surface area contributed by atoms with Gasteiger partial charge in [-0.2, -0.15) is 0 Å². The quantitative estimate of drug-likeness (QED) is 0.468. The van der Waals surface area contributed by atoms with Crippen molar-refractivity contribution in [1.82, 2.24) is 0 Å². The van der Waals surface area contributed by atoms with E-state index < -0.39 is 8.24 Å². The number of nitrogens with two attached hydrogens (primary N) is 1. The summed E-state index contributed by atoms with van der Waals surface area (Å²) in [5.74, 6) is 0. The van der Waals surface area contributed by atoms with Crippen molar-refractivity contribution in [3.8, 4) is 0 Å². The lowest BCUT2D eigenvalue weighted by molar-refractivity contribution is 0.752. The summed E-state index contributed by atoms with van der Waals surface area (Å²) in [6, 6.07) is 4.04. The van der Waals surface area contributed by atoms with Crippen LogP contribution in [-0.2, 0) is 0 Å². The van der Waals surface area contributed by atoms with E-state index in [1.54, 1.807) is 0 Å². The van der Waals surface area contributed by atoms with Gasteiger partial charge < -0.3 is 5.40 Å². The van der Waals surface area contributed by atoms with Crippen LogP contribution in [0.2, 0.25) is 18.1 Å². The van der Waals surface area contributed by atoms with Gasteiger partial charge in [-0.15, -0.1) is 0 Å². The molecule has 0 spiro atoms. The van der Waals surface area contributed by atoms with Crippen molar-refractivity contribution < 1.29 is 0 Å². The van der Waals surface area contributed by atoms with Crippen molar-refractivity contribution >= 4 is 8.24 Å². The summed E-state index contributed by atoms with van der Waals surface area (Å²) in [4.78, 5) is 0. The van der Waals surface area contributed by atoms with Crippen LogP contribution in [-0.4, -0.2) is 8.24 Å². The molecular weight excluding hydrogens is 174 g/mol. The highest BCUT2D eigenvalue weighted by Gasteiger charge is 2.25. The first-order valence-electron chi connectivity index (χ1n) is 5.97. The molecule has 2 N–H and O–H groups in total. The van der Waals surface area contributed by atoms with Gasteiger partial charge in [0.1, 0.15) is 8.24 Å². The van der Waals surface area contributed by atoms with Gasteiger partial charge in [0.15, 0.2) is 0 Å². The van der Waals surface area contributed by atoms with Gasteiger partial charge in [-0.25, -0.2) is 0 Å². The summed E-state index contributed by atoms with van der Waals surface area (Å²) in [5.41, 5.74) is 0. The van der Waals surface area contributed by atoms with Gasteiger partial charge in [0, 0.05) is 0 Å². The summed E-state index contributed by atoms with van der Waals surface area (Å²) in [6.07, 6.45) is 6.64. The normalized spacial score (nSPS) is 12.0. The van der Waals surface area contributed by atoms with E-state index in [4.69, 9.17) is 5.40 Å². The molecule has 0 saturated heterocycles. The highest BCUT2D eigenvalue weighted by molar-refractivity contribution is 6.76. The molecule has 0 aromatic heterocycles. The number of hydrogen-bond donors (Lipinski definition) is 1. The molecule has 0 aromatic carbocycles. The molecule has 0 bridgehead atoms. The molecule has 0 heterocycles. The Morgan fingerprint density at radius 3 is 1.69 bits per heavy atom. The standard InChI is InChI=1S/C11H27NSi/c1-4-7-8-11-13(12,9-5-2)10-6-3/h4-12H2,1-3H3. The predicted octanol–water partition coefficient (Wildman–Crippen LogP) is 3.90. The molecule has 0 aliphatic rings. The Morgan fingerprint density at radius 1 is 0.769 bits per heavy atom. The van der Waals surface area contributed by atoms with Crippen LogP contribution in [0, 0.1) is 0 Å². The van der Waals surface area contributed by atoms with Gasteiger partial charge in [-0.05, 0) is 18.1 Å². The zero-order valence-corrected chi connectivity index (χ0v) is 10.7. The van der Waals surface area contributed by atoms with Crippen molar-refractivity contribution in [2.45, 2.75) is 71.0 Å². The molecule has 80 valence electrons. The van der Waals surface area contributed by atoms with Crippen LogP contribution in [0.5, 0.6) is 0 Å². The molecule has 0 fully saturated rings. The third-order valence-corrected chi connectivity index (χ3v) is 7.11. The Balaban J connectivity index is 3.76. The topological polar surface area (TPSA) is 26.0 Å². The Labute approximate surface area is 85.2 Å². The molecule has 13 heavy (non-hydrogen) atoms. The first kappa shape index (κ1) is 13.2. The van der Waals surface area contributed by atoms with E-state index in [1.165, 1.54) is 50.2 Å². The van der Waals surface area contributed by atoms with Crippen LogP contribution in [0.25, 0.3) is 0 Å². The van der Waals surface area contributed by atoms with Crippen molar-refractivity contribution in [2.24, 2.45) is 5.40 Å². The van der Waals surface area contributed by atoms with E-state index >= 15 is 0 Å². The van der Waals surface area contributed by atoms with Gasteiger partial charge in [0.05, 0.1) is 0 Å². The fraction of sp³-hybridized carbons (Fsp3) is 1.00. The minimum absolute atomic E-state index is 1.29. The average molecular weight is 201 g/mol. The van der Waals surface area contributed by atoms with E-state index in [2.05, 4.69) is 20.8 Å². The van der Waals surface area contributed by atoms with Crippen LogP contribution >= 0.6 is 0 Å². The third-order valence-electron chi connectivity index (χ3n) is 2.77. The Morgan fingerprint density at radius 2 is 1.31 bits per heavy atom. The van der Waals surface area contributed by atoms with Crippen LogP contribution in [0.1, 0.15) is 52.9 Å². The summed E-state index contributed by atoms with van der Waals surface area (Å²) in [6.45, 7) is 6.80. The van der Waals surface area contributed by atoms with Crippen LogP contribution in [0.4, 0.5) is 0 Å². The lowest BCUT2D eigenvalue weighted by Gasteiger charge is -2.25. The number of unbranched alkanes of at least 4 members (excludes halogenated alkanes) is 2. The Hall–Kier alpha value is 0.177. The van der Waals surface area contributed by atoms with E-state index in [0.29, 0.717) is 0 Å². The Bertz CT molecular complexity index is 109. The fourth-order valence-corrected chi connectivity index (χ4v) is 5.79. The van der Waals surface area contributed by atoms with Gasteiger partial charge in [0.2, 0.25) is 0 Å². The molecule has 0 aliphatic heterocycles. The highest BCUT2D eigenvalue weighted by atomic mass is 28.3. The maximum absolute atomic E-state index is 6.50. The average Bonchev–Trinajstić information content (AvgIpc) is 2.05. The zero-order valence-electron chi connectivity index (χ0n) is 9.73. The van der Waals surface area contributed by atoms with E-state index in [9.17, 15) is 0 Å². The second-order valence-electron chi connectivity index (χ2n) is 4.32. The maximum atomic E-state index is 6.50. The SMILES string of the molecule is CCCCC[Si](N)(CCC)CCC. The summed E-state index contributed by atoms with van der Waals surface area (Å²) < 4.78 is 0. The van der Waals surface area contributed by atoms with Crippen LogP contribution in [0.3, 0.4) is 0 Å². The lowest BCUT2D eigenvalue weighted by Crippen LogP contribution is -2.44. The van der Waals surface area contributed by atoms with Crippen LogP contribution in [0.15, 0.2) is 0 Å². The monoisotopic (exact) mass is 201 g/mol. The van der Waals surface area contributed by atoms with Gasteiger partial charge in [-0.3, -0.25) is 0 Å². The smallest absolute Gasteiger partial charge is 0.123 e. The molecule has 0 unspecified atom stereocenters. The summed E-state index contributed by atoms with van der Waals surface area (Å²) in [5, 5.41) is 6.50. The molecule has 0 radical (unpaired) electrons. The van der Waals surface area contributed by atoms with Crippen LogP contribution < -0.4 is 5.40 Å². The van der Waals surface area contributed by atoms with Crippen molar-refractivity contribution in [3.63, 3.8) is 0 Å². The molecule has 0 saturated carbocycles. The van der Waals surface area contributed by atoms with Gasteiger partial charge in [0.25, 0.3) is 0 Å². The molecule has 2 heteroatoms. The molecule has 0 aliphatic carbocycles. The van der Waals surface area contributed by atoms with Crippen molar-refractivity contribution in [2.75, 3.05) is 0 Å². The number of rotatable bonds is 8. The predicted molar refractivity (Wildman–Crippen MR) is 64.5 cm³/mol. The molecule has 0 rings (SSSR count). The largest absolute Gasteiger partial charge is 0.351 e.